The highest BCUT2D eigenvalue weighted by atomic mass is 16.4. The van der Waals surface area contributed by atoms with Gasteiger partial charge >= 0.3 is 5.97 Å². The van der Waals surface area contributed by atoms with Crippen LogP contribution in [-0.4, -0.2) is 21.0 Å². The van der Waals surface area contributed by atoms with E-state index in [4.69, 9.17) is 5.11 Å². The van der Waals surface area contributed by atoms with Gasteiger partial charge in [-0.3, -0.25) is 4.79 Å². The summed E-state index contributed by atoms with van der Waals surface area (Å²) in [7, 11) is 0. The van der Waals surface area contributed by atoms with E-state index >= 15 is 0 Å². The van der Waals surface area contributed by atoms with Gasteiger partial charge in [0.15, 0.2) is 0 Å². The molecule has 1 N–H and O–H groups in total. The maximum atomic E-state index is 10.6. The Morgan fingerprint density at radius 2 is 2.46 bits per heavy atom. The third-order valence-electron chi connectivity index (χ3n) is 2.46. The van der Waals surface area contributed by atoms with E-state index in [0.29, 0.717) is 0 Å². The van der Waals surface area contributed by atoms with Crippen LogP contribution < -0.4 is 0 Å². The number of aryl methyl sites for hydroxylation is 1. The summed E-state index contributed by atoms with van der Waals surface area (Å²) >= 11 is 0. The van der Waals surface area contributed by atoms with Crippen molar-refractivity contribution in [3.05, 3.63) is 23.8 Å². The Hall–Kier alpha value is -1.45. The first-order valence-electron chi connectivity index (χ1n) is 4.19. The molecule has 0 aliphatic heterocycles. The zero-order chi connectivity index (χ0) is 9.42. The summed E-state index contributed by atoms with van der Waals surface area (Å²) in [6.07, 6.45) is 3.93. The summed E-state index contributed by atoms with van der Waals surface area (Å²) in [5.74, 6) is -0.795. The lowest BCUT2D eigenvalue weighted by Gasteiger charge is -2.00. The van der Waals surface area contributed by atoms with Crippen molar-refractivity contribution in [2.75, 3.05) is 0 Å². The second-order valence-corrected chi connectivity index (χ2v) is 3.35. The summed E-state index contributed by atoms with van der Waals surface area (Å²) in [6.45, 7) is 1.88. The van der Waals surface area contributed by atoms with Gasteiger partial charge in [0.2, 0.25) is 0 Å². The minimum Gasteiger partial charge on any atom is -0.481 e. The summed E-state index contributed by atoms with van der Waals surface area (Å²) < 4.78 is 0. The third kappa shape index (κ3) is 1.39. The number of nitrogens with zero attached hydrogens (tertiary/aromatic N) is 2. The van der Waals surface area contributed by atoms with Gasteiger partial charge in [0.05, 0.1) is 5.92 Å². The lowest BCUT2D eigenvalue weighted by atomic mass is 10.1. The molecule has 0 spiro atoms. The Morgan fingerprint density at radius 1 is 1.69 bits per heavy atom. The van der Waals surface area contributed by atoms with Crippen LogP contribution in [0.3, 0.4) is 0 Å². The molecule has 1 aliphatic carbocycles. The molecule has 1 aromatic rings. The molecule has 1 aromatic heterocycles. The number of rotatable bonds is 2. The number of aliphatic carboxylic acids is 1. The van der Waals surface area contributed by atoms with Crippen molar-refractivity contribution in [2.45, 2.75) is 19.3 Å². The minimum absolute atomic E-state index is 0.138. The van der Waals surface area contributed by atoms with Crippen molar-refractivity contribution in [3.8, 4) is 0 Å². The van der Waals surface area contributed by atoms with Crippen LogP contribution in [0, 0.1) is 12.8 Å². The van der Waals surface area contributed by atoms with Crippen molar-refractivity contribution in [1.29, 1.82) is 0 Å². The molecule has 0 radical (unpaired) electrons. The fraction of sp³-hybridized carbons (Fsp3) is 0.444. The van der Waals surface area contributed by atoms with E-state index in [1.807, 2.05) is 6.92 Å². The second-order valence-electron chi connectivity index (χ2n) is 3.35. The molecule has 0 aromatic carbocycles. The molecule has 0 saturated heterocycles. The first-order valence-corrected chi connectivity index (χ1v) is 4.19. The Balaban J connectivity index is 2.21. The van der Waals surface area contributed by atoms with Crippen LogP contribution >= 0.6 is 0 Å². The molecule has 0 amide bonds. The standard InChI is InChI=1S/C9H10N2O2/c1-5-8(3-10-4-11-5)6-2-7(6)9(12)13/h3-4,6-7H,2H2,1H3,(H,12,13)/t6?,7-/m0/s1. The normalized spacial score (nSPS) is 25.6. The average molecular weight is 178 g/mol. The first-order chi connectivity index (χ1) is 6.20. The monoisotopic (exact) mass is 178 g/mol. The molecule has 4 nitrogen and oxygen atoms in total. The molecule has 1 fully saturated rings. The van der Waals surface area contributed by atoms with Gasteiger partial charge in [-0.15, -0.1) is 0 Å². The summed E-state index contributed by atoms with van der Waals surface area (Å²) in [5.41, 5.74) is 1.87. The quantitative estimate of drug-likeness (QED) is 0.733. The molecule has 13 heavy (non-hydrogen) atoms. The molecule has 2 rings (SSSR count). The fourth-order valence-electron chi connectivity index (χ4n) is 1.58. The van der Waals surface area contributed by atoms with E-state index in [1.165, 1.54) is 6.33 Å². The number of hydrogen-bond acceptors (Lipinski definition) is 3. The molecular formula is C9H10N2O2. The van der Waals surface area contributed by atoms with Gasteiger partial charge < -0.3 is 5.11 Å². The Morgan fingerprint density at radius 3 is 3.00 bits per heavy atom. The average Bonchev–Trinajstić information content (AvgIpc) is 2.84. The Labute approximate surface area is 75.6 Å². The highest BCUT2D eigenvalue weighted by molar-refractivity contribution is 5.75. The van der Waals surface area contributed by atoms with Crippen molar-refractivity contribution in [3.63, 3.8) is 0 Å². The van der Waals surface area contributed by atoms with E-state index in [0.717, 1.165) is 17.7 Å². The van der Waals surface area contributed by atoms with Crippen LogP contribution in [0.1, 0.15) is 23.6 Å². The minimum atomic E-state index is -0.715. The van der Waals surface area contributed by atoms with E-state index in [2.05, 4.69) is 9.97 Å². The smallest absolute Gasteiger partial charge is 0.307 e. The van der Waals surface area contributed by atoms with Crippen molar-refractivity contribution < 1.29 is 9.90 Å². The molecule has 1 heterocycles. The van der Waals surface area contributed by atoms with Crippen LogP contribution in [0.15, 0.2) is 12.5 Å². The van der Waals surface area contributed by atoms with E-state index in [9.17, 15) is 4.79 Å². The van der Waals surface area contributed by atoms with Crippen LogP contribution in [0.4, 0.5) is 0 Å². The lowest BCUT2D eigenvalue weighted by Crippen LogP contribution is -2.00. The highest BCUT2D eigenvalue weighted by Gasteiger charge is 2.45. The topological polar surface area (TPSA) is 63.1 Å². The number of carbonyl (C=O) groups is 1. The summed E-state index contributed by atoms with van der Waals surface area (Å²) in [4.78, 5) is 18.5. The maximum Gasteiger partial charge on any atom is 0.307 e. The number of carboxylic acid groups (broad SMARTS) is 1. The lowest BCUT2D eigenvalue weighted by molar-refractivity contribution is -0.138. The molecular weight excluding hydrogens is 168 g/mol. The number of carboxylic acids is 1. The predicted molar refractivity (Wildman–Crippen MR) is 45.3 cm³/mol. The summed E-state index contributed by atoms with van der Waals surface area (Å²) in [5, 5.41) is 8.74. The van der Waals surface area contributed by atoms with Crippen LogP contribution in [0.2, 0.25) is 0 Å². The molecule has 1 saturated carbocycles. The van der Waals surface area contributed by atoms with Gasteiger partial charge in [-0.1, -0.05) is 0 Å². The van der Waals surface area contributed by atoms with Crippen LogP contribution in [-0.2, 0) is 4.79 Å². The van der Waals surface area contributed by atoms with Gasteiger partial charge in [-0.25, -0.2) is 9.97 Å². The van der Waals surface area contributed by atoms with Crippen molar-refractivity contribution in [2.24, 2.45) is 5.92 Å². The van der Waals surface area contributed by atoms with Crippen molar-refractivity contribution in [1.82, 2.24) is 9.97 Å². The van der Waals surface area contributed by atoms with Gasteiger partial charge in [-0.05, 0) is 18.9 Å². The number of aromatic nitrogens is 2. The zero-order valence-electron chi connectivity index (χ0n) is 7.27. The van der Waals surface area contributed by atoms with Crippen molar-refractivity contribution >= 4 is 5.97 Å². The molecule has 4 heteroatoms. The second kappa shape index (κ2) is 2.80. The Bertz CT molecular complexity index is 351. The fourth-order valence-corrected chi connectivity index (χ4v) is 1.58. The van der Waals surface area contributed by atoms with Gasteiger partial charge in [-0.2, -0.15) is 0 Å². The molecule has 2 atom stereocenters. The number of hydrogen-bond donors (Lipinski definition) is 1. The predicted octanol–water partition coefficient (Wildman–Crippen LogP) is 0.973. The Kier molecular flexibility index (Phi) is 1.76. The van der Waals surface area contributed by atoms with Gasteiger partial charge in [0, 0.05) is 17.8 Å². The summed E-state index contributed by atoms with van der Waals surface area (Å²) in [6, 6.07) is 0. The maximum absolute atomic E-state index is 10.6. The van der Waals surface area contributed by atoms with Gasteiger partial charge in [0.25, 0.3) is 0 Å². The van der Waals surface area contributed by atoms with E-state index < -0.39 is 5.97 Å². The van der Waals surface area contributed by atoms with E-state index in [-0.39, 0.29) is 11.8 Å². The van der Waals surface area contributed by atoms with E-state index in [1.54, 1.807) is 6.20 Å². The zero-order valence-corrected chi connectivity index (χ0v) is 7.27. The molecule has 68 valence electrons. The van der Waals surface area contributed by atoms with Crippen LogP contribution in [0.25, 0.3) is 0 Å². The third-order valence-corrected chi connectivity index (χ3v) is 2.46. The van der Waals surface area contributed by atoms with Crippen LogP contribution in [0.5, 0.6) is 0 Å². The largest absolute Gasteiger partial charge is 0.481 e. The first kappa shape index (κ1) is 8.16. The molecule has 1 aliphatic rings. The molecule has 0 bridgehead atoms. The highest BCUT2D eigenvalue weighted by Crippen LogP contribution is 2.47. The SMILES string of the molecule is Cc1ncncc1C1C[C@@H]1C(=O)O. The van der Waals surface area contributed by atoms with Gasteiger partial charge in [0.1, 0.15) is 6.33 Å². The molecule has 1 unspecified atom stereocenters.